The second kappa shape index (κ2) is 8.08. The van der Waals surface area contributed by atoms with E-state index in [1.54, 1.807) is 25.2 Å². The Hall–Kier alpha value is -3.41. The summed E-state index contributed by atoms with van der Waals surface area (Å²) < 4.78 is 7.01. The van der Waals surface area contributed by atoms with Gasteiger partial charge in [0.1, 0.15) is 5.75 Å². The fourth-order valence-corrected chi connectivity index (χ4v) is 3.11. The van der Waals surface area contributed by atoms with Crippen LogP contribution in [0.25, 0.3) is 11.3 Å². The Labute approximate surface area is 163 Å². The van der Waals surface area contributed by atoms with Crippen molar-refractivity contribution in [1.82, 2.24) is 9.78 Å². The number of rotatable bonds is 5. The van der Waals surface area contributed by atoms with Gasteiger partial charge in [-0.05, 0) is 50.1 Å². The van der Waals surface area contributed by atoms with Gasteiger partial charge >= 0.3 is 0 Å². The highest BCUT2D eigenvalue weighted by molar-refractivity contribution is 5.92. The standard InChI is InChI=1S/C22H23N3O3/c1-14-11-15(2)22(16(3)12-14)28-13-20(26)23-18-7-5-17(6-8-18)19-9-10-21(27)25(4)24-19/h5-12H,13H2,1-4H3,(H,23,26). The summed E-state index contributed by atoms with van der Waals surface area (Å²) in [6.45, 7) is 5.92. The monoisotopic (exact) mass is 377 g/mol. The molecule has 6 heteroatoms. The third-order valence-corrected chi connectivity index (χ3v) is 4.38. The van der Waals surface area contributed by atoms with E-state index in [2.05, 4.69) is 10.4 Å². The fourth-order valence-electron chi connectivity index (χ4n) is 3.11. The summed E-state index contributed by atoms with van der Waals surface area (Å²) in [6.07, 6.45) is 0. The number of aromatic nitrogens is 2. The van der Waals surface area contributed by atoms with E-state index < -0.39 is 0 Å². The fraction of sp³-hybridized carbons (Fsp3) is 0.227. The number of benzene rings is 2. The summed E-state index contributed by atoms with van der Waals surface area (Å²) in [5.74, 6) is 0.518. The Bertz CT molecular complexity index is 1050. The van der Waals surface area contributed by atoms with Crippen LogP contribution in [0.3, 0.4) is 0 Å². The Morgan fingerprint density at radius 1 is 1.04 bits per heavy atom. The van der Waals surface area contributed by atoms with E-state index in [-0.39, 0.29) is 18.1 Å². The molecule has 1 amide bonds. The zero-order valence-electron chi connectivity index (χ0n) is 16.4. The van der Waals surface area contributed by atoms with E-state index >= 15 is 0 Å². The molecule has 0 radical (unpaired) electrons. The number of ether oxygens (including phenoxy) is 1. The molecule has 0 bridgehead atoms. The molecule has 0 atom stereocenters. The summed E-state index contributed by atoms with van der Waals surface area (Å²) in [4.78, 5) is 23.7. The Morgan fingerprint density at radius 2 is 1.68 bits per heavy atom. The lowest BCUT2D eigenvalue weighted by atomic mass is 10.1. The lowest BCUT2D eigenvalue weighted by Crippen LogP contribution is -2.20. The topological polar surface area (TPSA) is 73.2 Å². The molecule has 1 heterocycles. The van der Waals surface area contributed by atoms with E-state index in [0.29, 0.717) is 11.4 Å². The average Bonchev–Trinajstić information content (AvgIpc) is 2.64. The molecule has 0 aliphatic heterocycles. The number of carbonyl (C=O) groups is 1. The SMILES string of the molecule is Cc1cc(C)c(OCC(=O)Nc2ccc(-c3ccc(=O)n(C)n3)cc2)c(C)c1. The summed E-state index contributed by atoms with van der Waals surface area (Å²) in [7, 11) is 1.61. The number of hydrogen-bond donors (Lipinski definition) is 1. The Balaban J connectivity index is 1.63. The molecule has 2 aromatic carbocycles. The van der Waals surface area contributed by atoms with Gasteiger partial charge in [0, 0.05) is 24.4 Å². The predicted molar refractivity (Wildman–Crippen MR) is 110 cm³/mol. The van der Waals surface area contributed by atoms with Gasteiger partial charge in [-0.3, -0.25) is 9.59 Å². The van der Waals surface area contributed by atoms with Crippen LogP contribution in [0.15, 0.2) is 53.3 Å². The zero-order chi connectivity index (χ0) is 20.3. The lowest BCUT2D eigenvalue weighted by Gasteiger charge is -2.13. The number of carbonyl (C=O) groups excluding carboxylic acids is 1. The van der Waals surface area contributed by atoms with Gasteiger partial charge in [-0.25, -0.2) is 4.68 Å². The van der Waals surface area contributed by atoms with Crippen LogP contribution in [0.1, 0.15) is 16.7 Å². The number of anilines is 1. The van der Waals surface area contributed by atoms with Gasteiger partial charge in [0.2, 0.25) is 0 Å². The highest BCUT2D eigenvalue weighted by atomic mass is 16.5. The number of hydrogen-bond acceptors (Lipinski definition) is 4. The number of nitrogens with one attached hydrogen (secondary N) is 1. The molecule has 3 rings (SSSR count). The van der Waals surface area contributed by atoms with Gasteiger partial charge in [0.15, 0.2) is 6.61 Å². The van der Waals surface area contributed by atoms with E-state index in [1.165, 1.54) is 16.3 Å². The molecular weight excluding hydrogens is 354 g/mol. The molecule has 28 heavy (non-hydrogen) atoms. The molecule has 1 aromatic heterocycles. The van der Waals surface area contributed by atoms with Crippen LogP contribution in [0, 0.1) is 20.8 Å². The molecule has 6 nitrogen and oxygen atoms in total. The summed E-state index contributed by atoms with van der Waals surface area (Å²) in [5.41, 5.74) is 5.24. The van der Waals surface area contributed by atoms with Crippen molar-refractivity contribution in [3.63, 3.8) is 0 Å². The third-order valence-electron chi connectivity index (χ3n) is 4.38. The molecule has 0 aliphatic carbocycles. The van der Waals surface area contributed by atoms with Crippen LogP contribution < -0.4 is 15.6 Å². The third kappa shape index (κ3) is 4.46. The molecule has 0 fully saturated rings. The first-order chi connectivity index (χ1) is 13.3. The first-order valence-electron chi connectivity index (χ1n) is 8.99. The molecule has 3 aromatic rings. The largest absolute Gasteiger partial charge is 0.483 e. The van der Waals surface area contributed by atoms with Gasteiger partial charge in [0.25, 0.3) is 11.5 Å². The number of amides is 1. The lowest BCUT2D eigenvalue weighted by molar-refractivity contribution is -0.118. The Kier molecular flexibility index (Phi) is 5.59. The van der Waals surface area contributed by atoms with E-state index in [0.717, 1.165) is 22.4 Å². The van der Waals surface area contributed by atoms with Crippen LogP contribution in [0.2, 0.25) is 0 Å². The van der Waals surface area contributed by atoms with Crippen LogP contribution in [0.4, 0.5) is 5.69 Å². The van der Waals surface area contributed by atoms with Crippen molar-refractivity contribution < 1.29 is 9.53 Å². The minimum absolute atomic E-state index is 0.0607. The number of nitrogens with zero attached hydrogens (tertiary/aromatic N) is 2. The first-order valence-corrected chi connectivity index (χ1v) is 8.99. The van der Waals surface area contributed by atoms with Crippen molar-refractivity contribution >= 4 is 11.6 Å². The molecule has 0 aliphatic rings. The van der Waals surface area contributed by atoms with Crippen molar-refractivity contribution in [1.29, 1.82) is 0 Å². The van der Waals surface area contributed by atoms with Crippen LogP contribution in [-0.4, -0.2) is 22.3 Å². The van der Waals surface area contributed by atoms with Crippen LogP contribution in [0.5, 0.6) is 5.75 Å². The van der Waals surface area contributed by atoms with Gasteiger partial charge in [-0.1, -0.05) is 29.8 Å². The highest BCUT2D eigenvalue weighted by Crippen LogP contribution is 2.24. The molecule has 0 saturated heterocycles. The number of aryl methyl sites for hydroxylation is 4. The molecule has 0 spiro atoms. The van der Waals surface area contributed by atoms with Gasteiger partial charge in [-0.2, -0.15) is 5.10 Å². The smallest absolute Gasteiger partial charge is 0.266 e. The van der Waals surface area contributed by atoms with Gasteiger partial charge in [-0.15, -0.1) is 0 Å². The molecule has 1 N–H and O–H groups in total. The maximum absolute atomic E-state index is 12.2. The van der Waals surface area contributed by atoms with Crippen LogP contribution in [-0.2, 0) is 11.8 Å². The zero-order valence-corrected chi connectivity index (χ0v) is 16.4. The van der Waals surface area contributed by atoms with Gasteiger partial charge < -0.3 is 10.1 Å². The maximum Gasteiger partial charge on any atom is 0.266 e. The average molecular weight is 377 g/mol. The highest BCUT2D eigenvalue weighted by Gasteiger charge is 2.09. The second-order valence-corrected chi connectivity index (χ2v) is 6.82. The quantitative estimate of drug-likeness (QED) is 0.740. The van der Waals surface area contributed by atoms with Crippen molar-refractivity contribution in [2.75, 3.05) is 11.9 Å². The summed E-state index contributed by atoms with van der Waals surface area (Å²) >= 11 is 0. The van der Waals surface area contributed by atoms with Crippen molar-refractivity contribution in [2.24, 2.45) is 7.05 Å². The second-order valence-electron chi connectivity index (χ2n) is 6.82. The molecule has 0 unspecified atom stereocenters. The normalized spacial score (nSPS) is 10.6. The Morgan fingerprint density at radius 3 is 2.29 bits per heavy atom. The molecule has 144 valence electrons. The van der Waals surface area contributed by atoms with Crippen molar-refractivity contribution in [3.05, 3.63) is 75.6 Å². The van der Waals surface area contributed by atoms with Crippen molar-refractivity contribution in [3.8, 4) is 17.0 Å². The van der Waals surface area contributed by atoms with E-state index in [9.17, 15) is 9.59 Å². The maximum atomic E-state index is 12.2. The van der Waals surface area contributed by atoms with Gasteiger partial charge in [0.05, 0.1) is 5.69 Å². The molecular formula is C22H23N3O3. The molecule has 0 saturated carbocycles. The summed E-state index contributed by atoms with van der Waals surface area (Å²) in [5, 5.41) is 7.04. The summed E-state index contributed by atoms with van der Waals surface area (Å²) in [6, 6.07) is 14.5. The van der Waals surface area contributed by atoms with Crippen molar-refractivity contribution in [2.45, 2.75) is 20.8 Å². The minimum Gasteiger partial charge on any atom is -0.483 e. The minimum atomic E-state index is -0.229. The van der Waals surface area contributed by atoms with E-state index in [4.69, 9.17) is 4.74 Å². The van der Waals surface area contributed by atoms with E-state index in [1.807, 2.05) is 45.0 Å². The first kappa shape index (κ1) is 19.4. The van der Waals surface area contributed by atoms with Crippen LogP contribution >= 0.6 is 0 Å². The predicted octanol–water partition coefficient (Wildman–Crippen LogP) is 3.39.